The number of carbonyl (C=O) groups excluding carboxylic acids is 1. The van der Waals surface area contributed by atoms with Crippen LogP contribution >= 0.6 is 0 Å². The van der Waals surface area contributed by atoms with Gasteiger partial charge in [0.05, 0.1) is 12.7 Å². The number of oxazole rings is 1. The molecule has 0 saturated carbocycles. The quantitative estimate of drug-likeness (QED) is 0.292. The first-order valence-corrected chi connectivity index (χ1v) is 11.4. The molecule has 1 N–H and O–H groups in total. The second kappa shape index (κ2) is 9.02. The van der Waals surface area contributed by atoms with Crippen LogP contribution in [-0.4, -0.2) is 18.0 Å². The number of nitrogens with zero attached hydrogens (tertiary/aromatic N) is 1. The number of methoxy groups -OCH3 is 1. The van der Waals surface area contributed by atoms with E-state index in [1.54, 1.807) is 7.11 Å². The summed E-state index contributed by atoms with van der Waals surface area (Å²) in [6.07, 6.45) is 1.08. The Hall–Kier alpha value is -4.12. The van der Waals surface area contributed by atoms with Crippen molar-refractivity contribution in [1.29, 1.82) is 0 Å². The van der Waals surface area contributed by atoms with Gasteiger partial charge in [0.1, 0.15) is 11.3 Å². The van der Waals surface area contributed by atoms with Gasteiger partial charge in [0.15, 0.2) is 5.58 Å². The lowest BCUT2D eigenvalue weighted by Crippen LogP contribution is -2.13. The number of aromatic nitrogens is 1. The Bertz CT molecular complexity index is 1490. The maximum atomic E-state index is 13.0. The monoisotopic (exact) mass is 450 g/mol. The Morgan fingerprint density at radius 3 is 2.44 bits per heavy atom. The molecule has 0 unspecified atom stereocenters. The number of rotatable bonds is 6. The SMILES string of the molecule is CC[C@@H](C)c1ccc2oc(-c3ccc(NC(=O)c4cc5ccccc5cc4OC)cc3)nc2c1. The molecule has 1 amide bonds. The van der Waals surface area contributed by atoms with Crippen LogP contribution in [0.5, 0.6) is 5.75 Å². The fraction of sp³-hybridized carbons (Fsp3) is 0.172. The number of nitrogens with one attached hydrogen (secondary N) is 1. The van der Waals surface area contributed by atoms with E-state index in [1.807, 2.05) is 66.7 Å². The van der Waals surface area contributed by atoms with Crippen molar-refractivity contribution in [2.24, 2.45) is 0 Å². The maximum Gasteiger partial charge on any atom is 0.259 e. The largest absolute Gasteiger partial charge is 0.496 e. The van der Waals surface area contributed by atoms with Gasteiger partial charge in [0.2, 0.25) is 5.89 Å². The molecule has 5 aromatic rings. The zero-order valence-corrected chi connectivity index (χ0v) is 19.5. The lowest BCUT2D eigenvalue weighted by molar-refractivity contribution is 0.102. The first-order valence-electron chi connectivity index (χ1n) is 11.4. The lowest BCUT2D eigenvalue weighted by atomic mass is 9.98. The van der Waals surface area contributed by atoms with E-state index in [0.29, 0.717) is 28.8 Å². The fourth-order valence-corrected chi connectivity index (χ4v) is 4.07. The smallest absolute Gasteiger partial charge is 0.259 e. The highest BCUT2D eigenvalue weighted by Gasteiger charge is 2.15. The summed E-state index contributed by atoms with van der Waals surface area (Å²) in [6, 6.07) is 25.3. The summed E-state index contributed by atoms with van der Waals surface area (Å²) >= 11 is 0. The summed E-state index contributed by atoms with van der Waals surface area (Å²) in [5.41, 5.74) is 4.90. The Morgan fingerprint density at radius 2 is 1.74 bits per heavy atom. The molecule has 0 aliphatic carbocycles. The average molecular weight is 451 g/mol. The van der Waals surface area contributed by atoms with E-state index >= 15 is 0 Å². The van der Waals surface area contributed by atoms with Crippen LogP contribution in [0.2, 0.25) is 0 Å². The zero-order valence-electron chi connectivity index (χ0n) is 19.5. The molecule has 1 heterocycles. The van der Waals surface area contributed by atoms with Crippen molar-refractivity contribution in [3.05, 3.63) is 90.0 Å². The standard InChI is InChI=1S/C29H26N2O3/c1-4-18(2)20-11-14-26-25(16-20)31-29(34-26)19-9-12-23(13-10-19)30-28(32)24-15-21-7-5-6-8-22(21)17-27(24)33-3/h5-18H,4H2,1-3H3,(H,30,32)/t18-/m1/s1. The number of benzene rings is 4. The molecule has 1 atom stereocenters. The van der Waals surface area contributed by atoms with Crippen LogP contribution in [0.15, 0.2) is 83.3 Å². The number of hydrogen-bond donors (Lipinski definition) is 1. The third-order valence-corrected chi connectivity index (χ3v) is 6.30. The summed E-state index contributed by atoms with van der Waals surface area (Å²) in [6.45, 7) is 4.39. The van der Waals surface area contributed by atoms with Crippen molar-refractivity contribution in [2.45, 2.75) is 26.2 Å². The highest BCUT2D eigenvalue weighted by Crippen LogP contribution is 2.30. The minimum atomic E-state index is -0.227. The van der Waals surface area contributed by atoms with Gasteiger partial charge in [-0.3, -0.25) is 4.79 Å². The van der Waals surface area contributed by atoms with Crippen molar-refractivity contribution in [1.82, 2.24) is 4.98 Å². The minimum Gasteiger partial charge on any atom is -0.496 e. The van der Waals surface area contributed by atoms with Crippen LogP contribution < -0.4 is 10.1 Å². The Kier molecular flexibility index (Phi) is 5.76. The van der Waals surface area contributed by atoms with Gasteiger partial charge in [-0.2, -0.15) is 0 Å². The van der Waals surface area contributed by atoms with Crippen molar-refractivity contribution < 1.29 is 13.9 Å². The van der Waals surface area contributed by atoms with E-state index in [4.69, 9.17) is 9.15 Å². The van der Waals surface area contributed by atoms with Gasteiger partial charge in [0.25, 0.3) is 5.91 Å². The van der Waals surface area contributed by atoms with Crippen LogP contribution in [0.4, 0.5) is 5.69 Å². The number of fused-ring (bicyclic) bond motifs is 2. The van der Waals surface area contributed by atoms with Crippen LogP contribution in [0.3, 0.4) is 0 Å². The molecular formula is C29H26N2O3. The number of ether oxygens (including phenoxy) is 1. The van der Waals surface area contributed by atoms with E-state index < -0.39 is 0 Å². The van der Waals surface area contributed by atoms with Crippen molar-refractivity contribution >= 4 is 33.5 Å². The molecule has 0 bridgehead atoms. The van der Waals surface area contributed by atoms with Gasteiger partial charge >= 0.3 is 0 Å². The lowest BCUT2D eigenvalue weighted by Gasteiger charge is -2.11. The summed E-state index contributed by atoms with van der Waals surface area (Å²) in [7, 11) is 1.57. The van der Waals surface area contributed by atoms with E-state index in [9.17, 15) is 4.79 Å². The number of amides is 1. The number of carbonyl (C=O) groups is 1. The second-order valence-corrected chi connectivity index (χ2v) is 8.49. The third-order valence-electron chi connectivity index (χ3n) is 6.30. The van der Waals surface area contributed by atoms with Crippen LogP contribution in [0.1, 0.15) is 42.1 Å². The van der Waals surface area contributed by atoms with Gasteiger partial charge < -0.3 is 14.5 Å². The minimum absolute atomic E-state index is 0.227. The fourth-order valence-electron chi connectivity index (χ4n) is 4.07. The number of hydrogen-bond acceptors (Lipinski definition) is 4. The first-order chi connectivity index (χ1) is 16.6. The van der Waals surface area contributed by atoms with Gasteiger partial charge in [-0.05, 0) is 77.2 Å². The molecule has 5 rings (SSSR count). The third kappa shape index (κ3) is 4.13. The summed E-state index contributed by atoms with van der Waals surface area (Å²) in [5.74, 6) is 1.35. The van der Waals surface area contributed by atoms with Crippen LogP contribution in [-0.2, 0) is 0 Å². The number of anilines is 1. The molecule has 170 valence electrons. The highest BCUT2D eigenvalue weighted by molar-refractivity contribution is 6.08. The van der Waals surface area contributed by atoms with Crippen LogP contribution in [0, 0.1) is 0 Å². The van der Waals surface area contributed by atoms with Gasteiger partial charge in [0, 0.05) is 11.3 Å². The molecule has 0 radical (unpaired) electrons. The van der Waals surface area contributed by atoms with Gasteiger partial charge in [-0.15, -0.1) is 0 Å². The first kappa shape index (κ1) is 21.7. The summed E-state index contributed by atoms with van der Waals surface area (Å²) < 4.78 is 11.4. The van der Waals surface area contributed by atoms with Crippen molar-refractivity contribution in [3.63, 3.8) is 0 Å². The molecule has 0 aliphatic rings. The van der Waals surface area contributed by atoms with E-state index in [-0.39, 0.29) is 5.91 Å². The zero-order chi connectivity index (χ0) is 23.7. The molecular weight excluding hydrogens is 424 g/mol. The van der Waals surface area contributed by atoms with Crippen molar-refractivity contribution in [2.75, 3.05) is 12.4 Å². The van der Waals surface area contributed by atoms with E-state index in [0.717, 1.165) is 33.9 Å². The normalized spacial score (nSPS) is 12.1. The van der Waals surface area contributed by atoms with E-state index in [1.165, 1.54) is 5.56 Å². The molecule has 5 nitrogen and oxygen atoms in total. The van der Waals surface area contributed by atoms with Gasteiger partial charge in [-0.1, -0.05) is 44.2 Å². The molecule has 34 heavy (non-hydrogen) atoms. The predicted molar refractivity (Wildman–Crippen MR) is 137 cm³/mol. The average Bonchev–Trinajstić information content (AvgIpc) is 3.31. The molecule has 4 aromatic carbocycles. The molecule has 0 aliphatic heterocycles. The topological polar surface area (TPSA) is 64.4 Å². The van der Waals surface area contributed by atoms with Crippen LogP contribution in [0.25, 0.3) is 33.3 Å². The van der Waals surface area contributed by atoms with E-state index in [2.05, 4.69) is 36.3 Å². The summed E-state index contributed by atoms with van der Waals surface area (Å²) in [5, 5.41) is 4.96. The van der Waals surface area contributed by atoms with Crippen molar-refractivity contribution in [3.8, 4) is 17.2 Å². The molecule has 0 spiro atoms. The molecule has 0 saturated heterocycles. The molecule has 5 heteroatoms. The summed E-state index contributed by atoms with van der Waals surface area (Å²) in [4.78, 5) is 17.7. The molecule has 0 fully saturated rings. The Morgan fingerprint density at radius 1 is 1.00 bits per heavy atom. The Labute approximate surface area is 198 Å². The highest BCUT2D eigenvalue weighted by atomic mass is 16.5. The predicted octanol–water partition coefficient (Wildman–Crippen LogP) is 7.42. The second-order valence-electron chi connectivity index (χ2n) is 8.49. The van der Waals surface area contributed by atoms with Gasteiger partial charge in [-0.25, -0.2) is 4.98 Å². The Balaban J connectivity index is 1.37. The molecule has 1 aromatic heterocycles. The maximum absolute atomic E-state index is 13.0.